The van der Waals surface area contributed by atoms with Crippen molar-refractivity contribution in [2.75, 3.05) is 16.4 Å². The standard InChI is InChI=1S/C26H24Cl2N2O3/c1-17-14-24(21-10-6-7-11-23(21)29(17)18(2)31)30(20-8-4-3-5-9-20)26(32)16-33-25-13-12-19(27)15-22(25)28/h3-13,15,17,24H,14,16H2,1-2H3. The number of nitrogens with zero attached hydrogens (tertiary/aromatic N) is 2. The molecule has 0 radical (unpaired) electrons. The second kappa shape index (κ2) is 9.86. The van der Waals surface area contributed by atoms with Gasteiger partial charge in [-0.3, -0.25) is 9.59 Å². The van der Waals surface area contributed by atoms with Crippen LogP contribution in [0.2, 0.25) is 10.0 Å². The van der Waals surface area contributed by atoms with E-state index in [2.05, 4.69) is 0 Å². The number of hydrogen-bond donors (Lipinski definition) is 0. The number of anilines is 2. The molecule has 33 heavy (non-hydrogen) atoms. The summed E-state index contributed by atoms with van der Waals surface area (Å²) in [4.78, 5) is 29.5. The van der Waals surface area contributed by atoms with E-state index in [0.717, 1.165) is 16.9 Å². The topological polar surface area (TPSA) is 49.9 Å². The highest BCUT2D eigenvalue weighted by molar-refractivity contribution is 6.35. The first-order valence-electron chi connectivity index (χ1n) is 10.7. The highest BCUT2D eigenvalue weighted by Crippen LogP contribution is 2.42. The zero-order valence-electron chi connectivity index (χ0n) is 18.4. The highest BCUT2D eigenvalue weighted by atomic mass is 35.5. The summed E-state index contributed by atoms with van der Waals surface area (Å²) >= 11 is 12.2. The predicted octanol–water partition coefficient (Wildman–Crippen LogP) is 6.29. The number of carbonyl (C=O) groups is 2. The van der Waals surface area contributed by atoms with Gasteiger partial charge in [-0.15, -0.1) is 0 Å². The van der Waals surface area contributed by atoms with Gasteiger partial charge in [0, 0.05) is 29.4 Å². The first-order chi connectivity index (χ1) is 15.9. The third-order valence-corrected chi connectivity index (χ3v) is 6.29. The summed E-state index contributed by atoms with van der Waals surface area (Å²) in [6.07, 6.45) is 0.596. The minimum absolute atomic E-state index is 0.0216. The number of rotatable bonds is 5. The normalized spacial score (nSPS) is 17.3. The fourth-order valence-electron chi connectivity index (χ4n) is 4.39. The maximum absolute atomic E-state index is 13.6. The molecule has 170 valence electrons. The molecule has 1 heterocycles. The Bertz CT molecular complexity index is 1170. The van der Waals surface area contributed by atoms with Gasteiger partial charge in [0.1, 0.15) is 5.75 Å². The number of benzene rings is 3. The van der Waals surface area contributed by atoms with Crippen LogP contribution in [0.1, 0.15) is 31.9 Å². The number of para-hydroxylation sites is 2. The Balaban J connectivity index is 1.70. The monoisotopic (exact) mass is 482 g/mol. The Labute approximate surface area is 203 Å². The molecule has 2 amide bonds. The average Bonchev–Trinajstić information content (AvgIpc) is 2.79. The molecule has 7 heteroatoms. The molecule has 0 spiro atoms. The molecule has 1 aliphatic heterocycles. The molecule has 4 rings (SSSR count). The molecule has 0 fully saturated rings. The van der Waals surface area contributed by atoms with Gasteiger partial charge in [0.15, 0.2) is 6.61 Å². The minimum atomic E-state index is -0.258. The number of carbonyl (C=O) groups excluding carboxylic acids is 2. The lowest BCUT2D eigenvalue weighted by Gasteiger charge is -2.43. The summed E-state index contributed by atoms with van der Waals surface area (Å²) in [5, 5.41) is 0.836. The van der Waals surface area contributed by atoms with E-state index in [4.69, 9.17) is 27.9 Å². The highest BCUT2D eigenvalue weighted by Gasteiger charge is 2.37. The lowest BCUT2D eigenvalue weighted by atomic mass is 9.90. The van der Waals surface area contributed by atoms with Crippen LogP contribution in [0, 0.1) is 0 Å². The molecular weight excluding hydrogens is 459 g/mol. The SMILES string of the molecule is CC(=O)N1c2ccccc2C(N(C(=O)COc2ccc(Cl)cc2Cl)c2ccccc2)CC1C. The van der Waals surface area contributed by atoms with Gasteiger partial charge in [0.05, 0.1) is 11.1 Å². The Morgan fingerprint density at radius 2 is 1.73 bits per heavy atom. The summed E-state index contributed by atoms with van der Waals surface area (Å²) in [5.41, 5.74) is 2.51. The van der Waals surface area contributed by atoms with E-state index in [1.807, 2.05) is 61.5 Å². The molecule has 0 N–H and O–H groups in total. The molecule has 2 atom stereocenters. The van der Waals surface area contributed by atoms with Crippen LogP contribution < -0.4 is 14.5 Å². The van der Waals surface area contributed by atoms with Crippen molar-refractivity contribution in [3.05, 3.63) is 88.4 Å². The van der Waals surface area contributed by atoms with Gasteiger partial charge in [-0.2, -0.15) is 0 Å². The van der Waals surface area contributed by atoms with Crippen LogP contribution in [-0.2, 0) is 9.59 Å². The molecule has 0 saturated carbocycles. The molecular formula is C26H24Cl2N2O3. The maximum Gasteiger partial charge on any atom is 0.265 e. The van der Waals surface area contributed by atoms with Crippen molar-refractivity contribution in [2.45, 2.75) is 32.4 Å². The van der Waals surface area contributed by atoms with Gasteiger partial charge in [-0.1, -0.05) is 59.6 Å². The molecule has 0 aromatic heterocycles. The number of fused-ring (bicyclic) bond motifs is 1. The fourth-order valence-corrected chi connectivity index (χ4v) is 4.86. The van der Waals surface area contributed by atoms with Crippen molar-refractivity contribution in [1.82, 2.24) is 0 Å². The Hall–Kier alpha value is -3.02. The minimum Gasteiger partial charge on any atom is -0.482 e. The van der Waals surface area contributed by atoms with Crippen LogP contribution in [0.3, 0.4) is 0 Å². The first-order valence-corrected chi connectivity index (χ1v) is 11.5. The first kappa shape index (κ1) is 23.1. The summed E-state index contributed by atoms with van der Waals surface area (Å²) in [7, 11) is 0. The van der Waals surface area contributed by atoms with Crippen LogP contribution in [0.4, 0.5) is 11.4 Å². The van der Waals surface area contributed by atoms with Gasteiger partial charge in [-0.25, -0.2) is 0 Å². The van der Waals surface area contributed by atoms with Crippen molar-refractivity contribution in [2.24, 2.45) is 0 Å². The van der Waals surface area contributed by atoms with E-state index >= 15 is 0 Å². The second-order valence-electron chi connectivity index (χ2n) is 8.01. The van der Waals surface area contributed by atoms with Crippen molar-refractivity contribution in [3.63, 3.8) is 0 Å². The summed E-state index contributed by atoms with van der Waals surface area (Å²) in [6, 6.07) is 21.8. The zero-order chi connectivity index (χ0) is 23.5. The quantitative estimate of drug-likeness (QED) is 0.429. The average molecular weight is 483 g/mol. The third-order valence-electron chi connectivity index (χ3n) is 5.76. The van der Waals surface area contributed by atoms with E-state index < -0.39 is 0 Å². The third kappa shape index (κ3) is 4.85. The van der Waals surface area contributed by atoms with E-state index in [0.29, 0.717) is 22.2 Å². The van der Waals surface area contributed by atoms with Crippen LogP contribution in [0.15, 0.2) is 72.8 Å². The van der Waals surface area contributed by atoms with Crippen LogP contribution in [-0.4, -0.2) is 24.5 Å². The Kier molecular flexibility index (Phi) is 6.91. The van der Waals surface area contributed by atoms with E-state index in [1.54, 1.807) is 34.9 Å². The number of amides is 2. The summed E-state index contributed by atoms with van der Waals surface area (Å²) in [5.74, 6) is 0.157. The molecule has 1 aliphatic rings. The van der Waals surface area contributed by atoms with Crippen molar-refractivity contribution in [3.8, 4) is 5.75 Å². The van der Waals surface area contributed by atoms with Crippen LogP contribution in [0.5, 0.6) is 5.75 Å². The lowest BCUT2D eigenvalue weighted by molar-refractivity contribution is -0.121. The molecule has 0 saturated heterocycles. The van der Waals surface area contributed by atoms with E-state index in [-0.39, 0.29) is 30.5 Å². The van der Waals surface area contributed by atoms with Crippen LogP contribution >= 0.6 is 23.2 Å². The Morgan fingerprint density at radius 3 is 2.42 bits per heavy atom. The largest absolute Gasteiger partial charge is 0.482 e. The lowest BCUT2D eigenvalue weighted by Crippen LogP contribution is -2.48. The molecule has 0 bridgehead atoms. The summed E-state index contributed by atoms with van der Waals surface area (Å²) in [6.45, 7) is 3.37. The molecule has 3 aromatic carbocycles. The fraction of sp³-hybridized carbons (Fsp3) is 0.231. The van der Waals surface area contributed by atoms with Gasteiger partial charge in [0.2, 0.25) is 5.91 Å². The van der Waals surface area contributed by atoms with Gasteiger partial charge in [-0.05, 0) is 55.3 Å². The van der Waals surface area contributed by atoms with Crippen LogP contribution in [0.25, 0.3) is 0 Å². The number of halogens is 2. The molecule has 5 nitrogen and oxygen atoms in total. The maximum atomic E-state index is 13.6. The van der Waals surface area contributed by atoms with E-state index in [1.165, 1.54) is 0 Å². The van der Waals surface area contributed by atoms with Crippen molar-refractivity contribution >= 4 is 46.4 Å². The predicted molar refractivity (Wildman–Crippen MR) is 132 cm³/mol. The van der Waals surface area contributed by atoms with Crippen molar-refractivity contribution < 1.29 is 14.3 Å². The number of ether oxygens (including phenoxy) is 1. The van der Waals surface area contributed by atoms with E-state index in [9.17, 15) is 9.59 Å². The number of hydrogen-bond acceptors (Lipinski definition) is 3. The van der Waals surface area contributed by atoms with Gasteiger partial charge >= 0.3 is 0 Å². The second-order valence-corrected chi connectivity index (χ2v) is 8.85. The van der Waals surface area contributed by atoms with Crippen molar-refractivity contribution in [1.29, 1.82) is 0 Å². The Morgan fingerprint density at radius 1 is 1.03 bits per heavy atom. The summed E-state index contributed by atoms with van der Waals surface area (Å²) < 4.78 is 5.77. The smallest absolute Gasteiger partial charge is 0.265 e. The van der Waals surface area contributed by atoms with Gasteiger partial charge in [0.25, 0.3) is 5.91 Å². The zero-order valence-corrected chi connectivity index (χ0v) is 19.9. The van der Waals surface area contributed by atoms with Gasteiger partial charge < -0.3 is 14.5 Å². The molecule has 3 aromatic rings. The molecule has 0 aliphatic carbocycles. The molecule has 2 unspecified atom stereocenters.